The largest absolute Gasteiger partial charge is 0.416 e. The van der Waals surface area contributed by atoms with Gasteiger partial charge in [-0.15, -0.1) is 0 Å². The van der Waals surface area contributed by atoms with Crippen LogP contribution in [0, 0.1) is 0 Å². The number of amides is 1. The molecule has 0 heterocycles. The van der Waals surface area contributed by atoms with Gasteiger partial charge >= 0.3 is 6.18 Å². The van der Waals surface area contributed by atoms with Crippen molar-refractivity contribution in [1.29, 1.82) is 0 Å². The second kappa shape index (κ2) is 9.31. The van der Waals surface area contributed by atoms with Gasteiger partial charge < -0.3 is 10.6 Å². The lowest BCUT2D eigenvalue weighted by atomic mass is 10.2. The van der Waals surface area contributed by atoms with Crippen LogP contribution in [-0.2, 0) is 21.0 Å². The van der Waals surface area contributed by atoms with Crippen LogP contribution in [0.25, 0.3) is 0 Å². The van der Waals surface area contributed by atoms with Crippen LogP contribution in [0.3, 0.4) is 0 Å². The third kappa shape index (κ3) is 5.58. The molecule has 0 aromatic heterocycles. The maximum absolute atomic E-state index is 12.9. The quantitative estimate of drug-likeness (QED) is 0.538. The number of sulfonamides is 1. The highest BCUT2D eigenvalue weighted by Gasteiger charge is 2.30. The SMILES string of the molecule is CN(c1ccccc1)S(=O)(=O)c1cccc(NCC(=O)Nc2ccc(C(F)(F)F)cc2)c1. The van der Waals surface area contributed by atoms with Crippen LogP contribution < -0.4 is 14.9 Å². The number of alkyl halides is 3. The Morgan fingerprint density at radius 1 is 0.906 bits per heavy atom. The average molecular weight is 463 g/mol. The highest BCUT2D eigenvalue weighted by Crippen LogP contribution is 2.30. The van der Waals surface area contributed by atoms with Gasteiger partial charge in [0.15, 0.2) is 0 Å². The molecule has 0 bridgehead atoms. The van der Waals surface area contributed by atoms with E-state index < -0.39 is 27.7 Å². The molecule has 0 atom stereocenters. The number of nitrogens with one attached hydrogen (secondary N) is 2. The van der Waals surface area contributed by atoms with Gasteiger partial charge in [-0.25, -0.2) is 8.42 Å². The standard InChI is InChI=1S/C22H20F3N3O3S/c1-28(19-7-3-2-4-8-19)32(30,31)20-9-5-6-18(14-20)26-15-21(29)27-17-12-10-16(11-13-17)22(23,24)25/h2-14,26H,15H2,1H3,(H,27,29). The smallest absolute Gasteiger partial charge is 0.376 e. The molecular weight excluding hydrogens is 443 g/mol. The summed E-state index contributed by atoms with van der Waals surface area (Å²) in [5.41, 5.74) is 0.301. The molecule has 0 radical (unpaired) electrons. The monoisotopic (exact) mass is 463 g/mol. The summed E-state index contributed by atoms with van der Waals surface area (Å²) >= 11 is 0. The number of carbonyl (C=O) groups is 1. The molecule has 3 aromatic carbocycles. The molecule has 3 aromatic rings. The molecule has 0 fully saturated rings. The number of benzene rings is 3. The van der Waals surface area contributed by atoms with E-state index in [0.29, 0.717) is 11.4 Å². The summed E-state index contributed by atoms with van der Waals surface area (Å²) in [5.74, 6) is -0.501. The van der Waals surface area contributed by atoms with Crippen molar-refractivity contribution in [2.45, 2.75) is 11.1 Å². The Morgan fingerprint density at radius 3 is 2.19 bits per heavy atom. The molecule has 0 aliphatic rings. The maximum atomic E-state index is 12.9. The van der Waals surface area contributed by atoms with Crippen molar-refractivity contribution in [3.63, 3.8) is 0 Å². The Bertz CT molecular complexity index is 1180. The minimum absolute atomic E-state index is 0.0389. The first-order chi connectivity index (χ1) is 15.1. The lowest BCUT2D eigenvalue weighted by Gasteiger charge is -2.20. The fraction of sp³-hybridized carbons (Fsp3) is 0.136. The number of halogens is 3. The van der Waals surface area contributed by atoms with E-state index in [2.05, 4.69) is 10.6 Å². The lowest BCUT2D eigenvalue weighted by molar-refractivity contribution is -0.137. The Balaban J connectivity index is 1.64. The van der Waals surface area contributed by atoms with Gasteiger partial charge in [-0.2, -0.15) is 13.2 Å². The molecule has 0 unspecified atom stereocenters. The first-order valence-electron chi connectivity index (χ1n) is 9.42. The van der Waals surface area contributed by atoms with Crippen LogP contribution in [0.4, 0.5) is 30.2 Å². The first kappa shape index (κ1) is 23.1. The number of carbonyl (C=O) groups excluding carboxylic acids is 1. The highest BCUT2D eigenvalue weighted by molar-refractivity contribution is 7.92. The summed E-state index contributed by atoms with van der Waals surface area (Å²) in [5, 5.41) is 5.30. The van der Waals surface area contributed by atoms with E-state index >= 15 is 0 Å². The summed E-state index contributed by atoms with van der Waals surface area (Å²) in [6.45, 7) is -0.209. The highest BCUT2D eigenvalue weighted by atomic mass is 32.2. The summed E-state index contributed by atoms with van der Waals surface area (Å²) in [6, 6.07) is 18.7. The fourth-order valence-electron chi connectivity index (χ4n) is 2.83. The van der Waals surface area contributed by atoms with Gasteiger partial charge in [-0.05, 0) is 54.6 Å². The lowest BCUT2D eigenvalue weighted by Crippen LogP contribution is -2.26. The minimum atomic E-state index is -4.45. The van der Waals surface area contributed by atoms with Crippen molar-refractivity contribution < 1.29 is 26.4 Å². The van der Waals surface area contributed by atoms with Gasteiger partial charge in [0.2, 0.25) is 5.91 Å². The van der Waals surface area contributed by atoms with E-state index in [9.17, 15) is 26.4 Å². The van der Waals surface area contributed by atoms with E-state index in [4.69, 9.17) is 0 Å². The zero-order valence-electron chi connectivity index (χ0n) is 16.9. The number of hydrogen-bond acceptors (Lipinski definition) is 4. The third-order valence-corrected chi connectivity index (χ3v) is 6.34. The van der Waals surface area contributed by atoms with Gasteiger partial charge in [-0.1, -0.05) is 24.3 Å². The minimum Gasteiger partial charge on any atom is -0.376 e. The molecular formula is C22H20F3N3O3S. The zero-order chi connectivity index (χ0) is 23.4. The molecule has 0 saturated heterocycles. The number of para-hydroxylation sites is 1. The molecule has 3 rings (SSSR count). The van der Waals surface area contributed by atoms with Crippen LogP contribution in [-0.4, -0.2) is 27.9 Å². The van der Waals surface area contributed by atoms with Crippen LogP contribution in [0.2, 0.25) is 0 Å². The molecule has 0 saturated carbocycles. The molecule has 168 valence electrons. The summed E-state index contributed by atoms with van der Waals surface area (Å²) in [6.07, 6.45) is -4.45. The van der Waals surface area contributed by atoms with E-state index in [1.807, 2.05) is 0 Å². The summed E-state index contributed by atoms with van der Waals surface area (Å²) < 4.78 is 64.8. The average Bonchev–Trinajstić information content (AvgIpc) is 2.77. The second-order valence-corrected chi connectivity index (χ2v) is 8.78. The van der Waals surface area contributed by atoms with Gasteiger partial charge in [0.1, 0.15) is 0 Å². The molecule has 0 aliphatic carbocycles. The maximum Gasteiger partial charge on any atom is 0.416 e. The predicted octanol–water partition coefficient (Wildman–Crippen LogP) is 4.58. The number of hydrogen-bond donors (Lipinski definition) is 2. The summed E-state index contributed by atoms with van der Waals surface area (Å²) in [4.78, 5) is 12.2. The molecule has 10 heteroatoms. The zero-order valence-corrected chi connectivity index (χ0v) is 17.7. The van der Waals surface area contributed by atoms with Crippen molar-refractivity contribution in [3.8, 4) is 0 Å². The van der Waals surface area contributed by atoms with Crippen LogP contribution in [0.1, 0.15) is 5.56 Å². The van der Waals surface area contributed by atoms with Gasteiger partial charge in [-0.3, -0.25) is 9.10 Å². The normalized spacial score (nSPS) is 11.6. The van der Waals surface area contributed by atoms with Crippen LogP contribution in [0.5, 0.6) is 0 Å². The van der Waals surface area contributed by atoms with Crippen molar-refractivity contribution in [2.75, 3.05) is 28.5 Å². The fourth-order valence-corrected chi connectivity index (χ4v) is 4.07. The van der Waals surface area contributed by atoms with E-state index in [0.717, 1.165) is 28.6 Å². The van der Waals surface area contributed by atoms with Crippen molar-refractivity contribution in [2.24, 2.45) is 0 Å². The Morgan fingerprint density at radius 2 is 1.56 bits per heavy atom. The van der Waals surface area contributed by atoms with Gasteiger partial charge in [0.05, 0.1) is 22.7 Å². The molecule has 2 N–H and O–H groups in total. The van der Waals surface area contributed by atoms with E-state index in [1.165, 1.54) is 19.2 Å². The van der Waals surface area contributed by atoms with Gasteiger partial charge in [0.25, 0.3) is 10.0 Å². The van der Waals surface area contributed by atoms with Crippen molar-refractivity contribution >= 4 is 33.0 Å². The van der Waals surface area contributed by atoms with Gasteiger partial charge in [0, 0.05) is 18.4 Å². The van der Waals surface area contributed by atoms with E-state index in [1.54, 1.807) is 42.5 Å². The van der Waals surface area contributed by atoms with Crippen LogP contribution >= 0.6 is 0 Å². The first-order valence-corrected chi connectivity index (χ1v) is 10.9. The molecule has 6 nitrogen and oxygen atoms in total. The van der Waals surface area contributed by atoms with Crippen LogP contribution in [0.15, 0.2) is 83.8 Å². The molecule has 32 heavy (non-hydrogen) atoms. The third-order valence-electron chi connectivity index (χ3n) is 4.56. The molecule has 0 spiro atoms. The Kier molecular flexibility index (Phi) is 6.73. The number of anilines is 3. The summed E-state index contributed by atoms with van der Waals surface area (Å²) in [7, 11) is -2.37. The van der Waals surface area contributed by atoms with Crippen molar-refractivity contribution in [1.82, 2.24) is 0 Å². The number of nitrogens with zero attached hydrogens (tertiary/aromatic N) is 1. The molecule has 0 aliphatic heterocycles. The topological polar surface area (TPSA) is 78.5 Å². The van der Waals surface area contributed by atoms with Crippen molar-refractivity contribution in [3.05, 3.63) is 84.4 Å². The predicted molar refractivity (Wildman–Crippen MR) is 117 cm³/mol. The molecule has 1 amide bonds. The number of rotatable bonds is 7. The Labute approximate surface area is 183 Å². The van der Waals surface area contributed by atoms with E-state index in [-0.39, 0.29) is 17.1 Å². The second-order valence-electron chi connectivity index (χ2n) is 6.81. The Hall–Kier alpha value is -3.53.